The first-order chi connectivity index (χ1) is 16.1. The van der Waals surface area contributed by atoms with Crippen molar-refractivity contribution < 1.29 is 49.5 Å². The van der Waals surface area contributed by atoms with Gasteiger partial charge in [0.25, 0.3) is 0 Å². The average Bonchev–Trinajstić information content (AvgIpc) is 2.78. The van der Waals surface area contributed by atoms with Crippen LogP contribution < -0.4 is 13.1 Å². The summed E-state index contributed by atoms with van der Waals surface area (Å²) in [5, 5.41) is 0. The third-order valence-electron chi connectivity index (χ3n) is 4.72. The molecule has 0 aromatic heterocycles. The summed E-state index contributed by atoms with van der Waals surface area (Å²) in [6, 6.07) is 16.6. The van der Waals surface area contributed by atoms with E-state index in [0.717, 1.165) is 72.8 Å². The molecule has 190 valence electrons. The van der Waals surface area contributed by atoms with Crippen LogP contribution in [-0.4, -0.2) is 41.0 Å². The van der Waals surface area contributed by atoms with Crippen LogP contribution in [0.2, 0.25) is 0 Å². The van der Waals surface area contributed by atoms with Gasteiger partial charge in [-0.1, -0.05) is 0 Å². The maximum absolute atomic E-state index is 13.6. The second-order valence-electron chi connectivity index (χ2n) is 6.91. The van der Waals surface area contributed by atoms with Gasteiger partial charge in [-0.15, -0.1) is 0 Å². The Labute approximate surface area is 197 Å². The molecule has 3 aromatic rings. The van der Waals surface area contributed by atoms with Gasteiger partial charge < -0.3 is 0 Å². The van der Waals surface area contributed by atoms with Crippen molar-refractivity contribution in [3.8, 4) is 0 Å². The number of benzene rings is 3. The van der Waals surface area contributed by atoms with Crippen LogP contribution >= 0.6 is 0 Å². The average molecular weight is 604 g/mol. The summed E-state index contributed by atoms with van der Waals surface area (Å²) in [5.74, 6) is 0. The zero-order chi connectivity index (χ0) is 26.2. The van der Waals surface area contributed by atoms with Crippen molar-refractivity contribution in [1.82, 2.24) is 0 Å². The van der Waals surface area contributed by atoms with Crippen LogP contribution in [0.4, 0.5) is 26.3 Å². The maximum atomic E-state index is 13.6. The van der Waals surface area contributed by atoms with Crippen LogP contribution in [0, 0.1) is 0 Å². The molecule has 0 radical (unpaired) electrons. The summed E-state index contributed by atoms with van der Waals surface area (Å²) < 4.78 is 139. The third kappa shape index (κ3) is 4.60. The van der Waals surface area contributed by atoms with Gasteiger partial charge in [0.15, 0.2) is 0 Å². The molecule has 0 bridgehead atoms. The molecule has 0 aliphatic heterocycles. The monoisotopic (exact) mass is 604 g/mol. The molecule has 3 aromatic carbocycles. The summed E-state index contributed by atoms with van der Waals surface area (Å²) in [5.41, 5.74) is -12.3. The molecule has 0 spiro atoms. The van der Waals surface area contributed by atoms with Crippen molar-refractivity contribution >= 4 is 46.4 Å². The van der Waals surface area contributed by atoms with E-state index < -0.39 is 57.4 Å². The Bertz CT molecular complexity index is 1250. The van der Waals surface area contributed by atoms with E-state index in [0.29, 0.717) is 0 Å². The SMILES string of the molecule is O=S(=O)(O[As](OS(=O)(=O)C(F)(F)F)(c1ccccc1)(c1ccccc1)c1ccccc1)C(F)(F)F. The van der Waals surface area contributed by atoms with E-state index >= 15 is 0 Å². The van der Waals surface area contributed by atoms with Crippen molar-refractivity contribution in [2.75, 3.05) is 0 Å². The van der Waals surface area contributed by atoms with E-state index in [4.69, 9.17) is 6.34 Å². The van der Waals surface area contributed by atoms with Crippen LogP contribution in [0.3, 0.4) is 0 Å². The van der Waals surface area contributed by atoms with Crippen LogP contribution in [0.15, 0.2) is 91.0 Å². The van der Waals surface area contributed by atoms with Crippen molar-refractivity contribution in [3.05, 3.63) is 91.0 Å². The Kier molecular flexibility index (Phi) is 6.94. The van der Waals surface area contributed by atoms with Gasteiger partial charge in [-0.25, -0.2) is 0 Å². The molecule has 35 heavy (non-hydrogen) atoms. The molecule has 0 aliphatic carbocycles. The van der Waals surface area contributed by atoms with Gasteiger partial charge in [-0.05, 0) is 0 Å². The minimum absolute atomic E-state index is 0.635. The Balaban J connectivity index is 2.69. The summed E-state index contributed by atoms with van der Waals surface area (Å²) in [7, 11) is -13.5. The first-order valence-corrected chi connectivity index (χ1v) is 16.5. The Morgan fingerprint density at radius 1 is 0.486 bits per heavy atom. The normalized spacial score (nSPS) is 14.7. The van der Waals surface area contributed by atoms with E-state index in [1.54, 1.807) is 0 Å². The molecule has 6 nitrogen and oxygen atoms in total. The summed E-state index contributed by atoms with van der Waals surface area (Å²) >= 11 is -7.44. The third-order valence-corrected chi connectivity index (χ3v) is 20.7. The number of hydrogen-bond donors (Lipinski definition) is 0. The fourth-order valence-electron chi connectivity index (χ4n) is 3.27. The van der Waals surface area contributed by atoms with Gasteiger partial charge in [0.1, 0.15) is 0 Å². The van der Waals surface area contributed by atoms with E-state index in [1.807, 2.05) is 0 Å². The van der Waals surface area contributed by atoms with Gasteiger partial charge >= 0.3 is 198 Å². The van der Waals surface area contributed by atoms with Gasteiger partial charge in [0.2, 0.25) is 0 Å². The molecule has 0 unspecified atom stereocenters. The molecule has 0 amide bonds. The number of alkyl halides is 6. The number of hydrogen-bond acceptors (Lipinski definition) is 6. The van der Waals surface area contributed by atoms with Crippen LogP contribution in [-0.2, 0) is 26.6 Å². The van der Waals surface area contributed by atoms with Gasteiger partial charge in [0.05, 0.1) is 0 Å². The molecule has 0 saturated carbocycles. The van der Waals surface area contributed by atoms with Crippen LogP contribution in [0.25, 0.3) is 0 Å². The van der Waals surface area contributed by atoms with Crippen LogP contribution in [0.5, 0.6) is 0 Å². The predicted octanol–water partition coefficient (Wildman–Crippen LogP) is 2.84. The van der Waals surface area contributed by atoms with E-state index in [9.17, 15) is 43.2 Å². The van der Waals surface area contributed by atoms with Crippen LogP contribution in [0.1, 0.15) is 0 Å². The zero-order valence-corrected chi connectivity index (χ0v) is 20.7. The number of rotatable bonds is 7. The van der Waals surface area contributed by atoms with E-state index in [1.165, 1.54) is 18.2 Å². The Morgan fingerprint density at radius 2 is 0.714 bits per heavy atom. The van der Waals surface area contributed by atoms with Gasteiger partial charge in [-0.2, -0.15) is 0 Å². The van der Waals surface area contributed by atoms with E-state index in [-0.39, 0.29) is 0 Å². The molecular weight excluding hydrogens is 589 g/mol. The standard InChI is InChI=1S/C20H15AsF6O6S2/c22-19(23,24)34(28,29)32-21(16-10-4-1-5-11-16,17-12-6-2-7-13-17,18-14-8-3-9-15-18)33-35(30,31)20(25,26)27/h1-15H. The van der Waals surface area contributed by atoms with E-state index in [2.05, 4.69) is 0 Å². The molecule has 0 aliphatic rings. The van der Waals surface area contributed by atoms with Gasteiger partial charge in [0, 0.05) is 0 Å². The second-order valence-corrected chi connectivity index (χ2v) is 19.1. The first-order valence-electron chi connectivity index (χ1n) is 9.31. The molecule has 15 heteroatoms. The Morgan fingerprint density at radius 3 is 0.914 bits per heavy atom. The molecule has 0 atom stereocenters. The zero-order valence-electron chi connectivity index (χ0n) is 17.1. The van der Waals surface area contributed by atoms with Crippen molar-refractivity contribution in [2.24, 2.45) is 0 Å². The van der Waals surface area contributed by atoms with Crippen molar-refractivity contribution in [2.45, 2.75) is 11.0 Å². The topological polar surface area (TPSA) is 86.7 Å². The molecule has 3 rings (SSSR count). The predicted molar refractivity (Wildman–Crippen MR) is 116 cm³/mol. The Hall–Kier alpha value is -2.38. The fraction of sp³-hybridized carbons (Fsp3) is 0.100. The molecule has 0 heterocycles. The van der Waals surface area contributed by atoms with Crippen molar-refractivity contribution in [1.29, 1.82) is 0 Å². The van der Waals surface area contributed by atoms with Gasteiger partial charge in [-0.3, -0.25) is 0 Å². The molecule has 0 N–H and O–H groups in total. The first kappa shape index (κ1) is 27.2. The summed E-state index contributed by atoms with van der Waals surface area (Å²) in [6.45, 7) is 0. The number of halogens is 6. The molecule has 0 saturated heterocycles. The molecular formula is C20H15AsF6O6S2. The minimum atomic E-state index is -7.44. The quantitative estimate of drug-likeness (QED) is 0.234. The fourth-order valence-corrected chi connectivity index (χ4v) is 20.7. The summed E-state index contributed by atoms with van der Waals surface area (Å²) in [4.78, 5) is 0. The van der Waals surface area contributed by atoms with Crippen molar-refractivity contribution in [3.63, 3.8) is 0 Å². The molecule has 0 fully saturated rings. The second kappa shape index (κ2) is 8.93. The summed E-state index contributed by atoms with van der Waals surface area (Å²) in [6.07, 6.45) is 0.